The number of carbonyl (C=O) groups excluding carboxylic acids is 2. The van der Waals surface area contributed by atoms with Crippen molar-refractivity contribution in [2.24, 2.45) is 0 Å². The second-order valence-corrected chi connectivity index (χ2v) is 6.86. The Morgan fingerprint density at radius 1 is 1.19 bits per heavy atom. The Labute approximate surface area is 162 Å². The quantitative estimate of drug-likeness (QED) is 0.567. The SMILES string of the molecule is CCOC(=O)c1c(NC(=O)C=Cc2ccc(OC)cc2OC)sc(C)c1C. The number of carbonyl (C=O) groups is 2. The van der Waals surface area contributed by atoms with Crippen molar-refractivity contribution in [3.63, 3.8) is 0 Å². The molecule has 0 spiro atoms. The fourth-order valence-corrected chi connectivity index (χ4v) is 3.49. The molecule has 1 aromatic heterocycles. The molecule has 0 fully saturated rings. The van der Waals surface area contributed by atoms with Crippen molar-refractivity contribution in [1.82, 2.24) is 0 Å². The van der Waals surface area contributed by atoms with E-state index >= 15 is 0 Å². The van der Waals surface area contributed by atoms with Gasteiger partial charge in [-0.2, -0.15) is 0 Å². The zero-order valence-electron chi connectivity index (χ0n) is 16.0. The molecule has 6 nitrogen and oxygen atoms in total. The van der Waals surface area contributed by atoms with Crippen LogP contribution in [0, 0.1) is 13.8 Å². The number of ether oxygens (including phenoxy) is 3. The normalized spacial score (nSPS) is 10.7. The van der Waals surface area contributed by atoms with Crippen LogP contribution in [-0.4, -0.2) is 32.7 Å². The summed E-state index contributed by atoms with van der Waals surface area (Å²) >= 11 is 1.35. The highest BCUT2D eigenvalue weighted by Gasteiger charge is 2.21. The van der Waals surface area contributed by atoms with Crippen molar-refractivity contribution in [2.45, 2.75) is 20.8 Å². The largest absolute Gasteiger partial charge is 0.497 e. The third-order valence-electron chi connectivity index (χ3n) is 3.96. The maximum Gasteiger partial charge on any atom is 0.341 e. The number of benzene rings is 1. The van der Waals surface area contributed by atoms with Gasteiger partial charge in [0.15, 0.2) is 0 Å². The minimum atomic E-state index is -0.435. The number of aryl methyl sites for hydroxylation is 1. The van der Waals surface area contributed by atoms with Crippen LogP contribution in [0.4, 0.5) is 5.00 Å². The number of amides is 1. The number of hydrogen-bond donors (Lipinski definition) is 1. The zero-order valence-corrected chi connectivity index (χ0v) is 16.9. The topological polar surface area (TPSA) is 73.9 Å². The molecule has 0 aliphatic heterocycles. The van der Waals surface area contributed by atoms with Gasteiger partial charge in [-0.25, -0.2) is 4.79 Å². The molecule has 0 radical (unpaired) electrons. The van der Waals surface area contributed by atoms with Crippen molar-refractivity contribution in [2.75, 3.05) is 26.1 Å². The van der Waals surface area contributed by atoms with Gasteiger partial charge in [-0.3, -0.25) is 4.79 Å². The van der Waals surface area contributed by atoms with Crippen molar-refractivity contribution < 1.29 is 23.8 Å². The van der Waals surface area contributed by atoms with E-state index in [2.05, 4.69) is 5.32 Å². The Bertz CT molecular complexity index is 869. The van der Waals surface area contributed by atoms with E-state index in [9.17, 15) is 9.59 Å². The first-order valence-corrected chi connectivity index (χ1v) is 9.21. The summed E-state index contributed by atoms with van der Waals surface area (Å²) in [5.41, 5.74) is 1.95. The molecule has 1 aromatic carbocycles. The van der Waals surface area contributed by atoms with Gasteiger partial charge in [0.05, 0.1) is 26.4 Å². The molecule has 0 aliphatic carbocycles. The minimum Gasteiger partial charge on any atom is -0.497 e. The van der Waals surface area contributed by atoms with E-state index in [0.29, 0.717) is 22.1 Å². The summed E-state index contributed by atoms with van der Waals surface area (Å²) in [6.07, 6.45) is 3.04. The number of methoxy groups -OCH3 is 2. The maximum absolute atomic E-state index is 12.4. The lowest BCUT2D eigenvalue weighted by Gasteiger charge is -2.07. The Morgan fingerprint density at radius 3 is 2.56 bits per heavy atom. The fourth-order valence-electron chi connectivity index (χ4n) is 2.44. The maximum atomic E-state index is 12.4. The van der Waals surface area contributed by atoms with Gasteiger partial charge in [0.2, 0.25) is 5.91 Å². The Hall–Kier alpha value is -2.80. The average Bonchev–Trinajstić information content (AvgIpc) is 2.93. The molecule has 0 saturated carbocycles. The summed E-state index contributed by atoms with van der Waals surface area (Å²) in [7, 11) is 3.12. The van der Waals surface area contributed by atoms with Crippen LogP contribution in [0.2, 0.25) is 0 Å². The van der Waals surface area contributed by atoms with Gasteiger partial charge in [-0.15, -0.1) is 11.3 Å². The average molecular weight is 389 g/mol. The predicted octanol–water partition coefficient (Wildman–Crippen LogP) is 4.21. The molecular weight excluding hydrogens is 366 g/mol. The van der Waals surface area contributed by atoms with E-state index in [1.165, 1.54) is 17.4 Å². The van der Waals surface area contributed by atoms with Gasteiger partial charge < -0.3 is 19.5 Å². The Kier molecular flexibility index (Phi) is 7.01. The molecule has 1 amide bonds. The lowest BCUT2D eigenvalue weighted by molar-refractivity contribution is -0.111. The van der Waals surface area contributed by atoms with Gasteiger partial charge in [0.25, 0.3) is 0 Å². The standard InChI is InChI=1S/C20H23NO5S/c1-6-26-20(23)18-12(2)13(3)27-19(18)21-17(22)10-8-14-7-9-15(24-4)11-16(14)25-5/h7-11H,6H2,1-5H3,(H,21,22). The first-order valence-electron chi connectivity index (χ1n) is 8.39. The van der Waals surface area contributed by atoms with Crippen LogP contribution in [0.25, 0.3) is 6.08 Å². The minimum absolute atomic E-state index is 0.276. The van der Waals surface area contributed by atoms with Crippen LogP contribution in [0.15, 0.2) is 24.3 Å². The highest BCUT2D eigenvalue weighted by molar-refractivity contribution is 7.16. The molecule has 0 unspecified atom stereocenters. The molecule has 1 heterocycles. The Balaban J connectivity index is 2.20. The van der Waals surface area contributed by atoms with Gasteiger partial charge in [-0.05, 0) is 44.5 Å². The molecule has 0 saturated heterocycles. The van der Waals surface area contributed by atoms with Gasteiger partial charge in [0.1, 0.15) is 16.5 Å². The molecule has 0 atom stereocenters. The van der Waals surface area contributed by atoms with Crippen LogP contribution >= 0.6 is 11.3 Å². The molecule has 0 bridgehead atoms. The van der Waals surface area contributed by atoms with Crippen molar-refractivity contribution in [3.05, 3.63) is 45.8 Å². The van der Waals surface area contributed by atoms with Crippen LogP contribution in [0.3, 0.4) is 0 Å². The summed E-state index contributed by atoms with van der Waals surface area (Å²) in [6, 6.07) is 5.32. The van der Waals surface area contributed by atoms with E-state index in [1.807, 2.05) is 13.8 Å². The molecule has 2 aromatic rings. The fraction of sp³-hybridized carbons (Fsp3) is 0.300. The smallest absolute Gasteiger partial charge is 0.341 e. The van der Waals surface area contributed by atoms with Crippen LogP contribution < -0.4 is 14.8 Å². The second kappa shape index (κ2) is 9.23. The Morgan fingerprint density at radius 2 is 1.93 bits per heavy atom. The zero-order chi connectivity index (χ0) is 20.0. The van der Waals surface area contributed by atoms with Crippen LogP contribution in [-0.2, 0) is 9.53 Å². The molecule has 7 heteroatoms. The highest BCUT2D eigenvalue weighted by atomic mass is 32.1. The monoisotopic (exact) mass is 389 g/mol. The van der Waals surface area contributed by atoms with E-state index in [1.54, 1.807) is 45.4 Å². The van der Waals surface area contributed by atoms with E-state index < -0.39 is 5.97 Å². The number of hydrogen-bond acceptors (Lipinski definition) is 6. The second-order valence-electron chi connectivity index (χ2n) is 5.64. The molecule has 144 valence electrons. The summed E-state index contributed by atoms with van der Waals surface area (Å²) in [5, 5.41) is 3.25. The van der Waals surface area contributed by atoms with E-state index in [-0.39, 0.29) is 12.5 Å². The molecule has 2 rings (SSSR count). The lowest BCUT2D eigenvalue weighted by atomic mass is 10.1. The summed E-state index contributed by atoms with van der Waals surface area (Å²) < 4.78 is 15.6. The first-order chi connectivity index (χ1) is 12.9. The van der Waals surface area contributed by atoms with Crippen LogP contribution in [0.5, 0.6) is 11.5 Å². The van der Waals surface area contributed by atoms with Gasteiger partial charge in [0, 0.05) is 22.6 Å². The first kappa shape index (κ1) is 20.5. The van der Waals surface area contributed by atoms with Crippen LogP contribution in [0.1, 0.15) is 33.3 Å². The summed E-state index contributed by atoms with van der Waals surface area (Å²) in [6.45, 7) is 5.76. The van der Waals surface area contributed by atoms with E-state index in [4.69, 9.17) is 14.2 Å². The molecule has 1 N–H and O–H groups in total. The van der Waals surface area contributed by atoms with Crippen molar-refractivity contribution in [1.29, 1.82) is 0 Å². The van der Waals surface area contributed by atoms with Crippen molar-refractivity contribution in [3.8, 4) is 11.5 Å². The van der Waals surface area contributed by atoms with Gasteiger partial charge in [-0.1, -0.05) is 0 Å². The number of rotatable bonds is 7. The number of esters is 1. The number of thiophene rings is 1. The predicted molar refractivity (Wildman–Crippen MR) is 107 cm³/mol. The lowest BCUT2D eigenvalue weighted by Crippen LogP contribution is -2.12. The highest BCUT2D eigenvalue weighted by Crippen LogP contribution is 2.33. The molecule has 0 aliphatic rings. The third-order valence-corrected chi connectivity index (χ3v) is 5.08. The number of anilines is 1. The van der Waals surface area contributed by atoms with Gasteiger partial charge >= 0.3 is 5.97 Å². The van der Waals surface area contributed by atoms with E-state index in [0.717, 1.165) is 16.0 Å². The summed E-state index contributed by atoms with van der Waals surface area (Å²) in [5.74, 6) is 0.473. The summed E-state index contributed by atoms with van der Waals surface area (Å²) in [4.78, 5) is 25.5. The molecule has 27 heavy (non-hydrogen) atoms. The third kappa shape index (κ3) is 4.89. The number of nitrogens with one attached hydrogen (secondary N) is 1. The van der Waals surface area contributed by atoms with Crippen molar-refractivity contribution >= 4 is 34.3 Å². The molecular formula is C20H23NO5S.